The number of hydrogen-bond acceptors (Lipinski definition) is 4. The highest BCUT2D eigenvalue weighted by Crippen LogP contribution is 2.17. The standard InChI is InChI=1S/C17H13BrN4O/c18-12-5-4-8-14(11-12)20-17(23)15-9-10-16(22-21-15)19-13-6-2-1-3-7-13/h1-11H,(H,19,22)(H,20,23). The Hall–Kier alpha value is -2.73. The average molecular weight is 369 g/mol. The van der Waals surface area contributed by atoms with Crippen molar-refractivity contribution in [3.63, 3.8) is 0 Å². The van der Waals surface area contributed by atoms with Crippen LogP contribution in [0.3, 0.4) is 0 Å². The van der Waals surface area contributed by atoms with Crippen LogP contribution in [0.4, 0.5) is 17.2 Å². The number of hydrogen-bond donors (Lipinski definition) is 2. The maximum absolute atomic E-state index is 12.1. The van der Waals surface area contributed by atoms with Gasteiger partial charge < -0.3 is 10.6 Å². The second-order valence-electron chi connectivity index (χ2n) is 4.76. The topological polar surface area (TPSA) is 66.9 Å². The number of carbonyl (C=O) groups excluding carboxylic acids is 1. The van der Waals surface area contributed by atoms with Crippen LogP contribution < -0.4 is 10.6 Å². The van der Waals surface area contributed by atoms with Gasteiger partial charge in [0.15, 0.2) is 11.5 Å². The molecule has 23 heavy (non-hydrogen) atoms. The molecule has 0 aliphatic carbocycles. The van der Waals surface area contributed by atoms with E-state index in [0.29, 0.717) is 11.5 Å². The van der Waals surface area contributed by atoms with Crippen molar-refractivity contribution in [2.45, 2.75) is 0 Å². The van der Waals surface area contributed by atoms with Crippen LogP contribution in [0.2, 0.25) is 0 Å². The maximum Gasteiger partial charge on any atom is 0.276 e. The highest BCUT2D eigenvalue weighted by atomic mass is 79.9. The molecular weight excluding hydrogens is 356 g/mol. The average Bonchev–Trinajstić information content (AvgIpc) is 2.56. The number of amides is 1. The molecule has 1 amide bonds. The molecule has 0 unspecified atom stereocenters. The van der Waals surface area contributed by atoms with Gasteiger partial charge in [-0.25, -0.2) is 0 Å². The van der Waals surface area contributed by atoms with Crippen LogP contribution in [-0.4, -0.2) is 16.1 Å². The molecule has 0 bridgehead atoms. The van der Waals surface area contributed by atoms with Crippen molar-refractivity contribution in [2.24, 2.45) is 0 Å². The molecule has 5 nitrogen and oxygen atoms in total. The summed E-state index contributed by atoms with van der Waals surface area (Å²) in [5, 5.41) is 13.9. The van der Waals surface area contributed by atoms with Gasteiger partial charge in [-0.1, -0.05) is 40.2 Å². The SMILES string of the molecule is O=C(Nc1cccc(Br)c1)c1ccc(Nc2ccccc2)nn1. The molecule has 0 spiro atoms. The largest absolute Gasteiger partial charge is 0.339 e. The molecule has 1 heterocycles. The Morgan fingerprint density at radius 1 is 0.870 bits per heavy atom. The number of aromatic nitrogens is 2. The van der Waals surface area contributed by atoms with Crippen molar-refractivity contribution < 1.29 is 4.79 Å². The van der Waals surface area contributed by atoms with Gasteiger partial charge in [0, 0.05) is 15.8 Å². The van der Waals surface area contributed by atoms with Gasteiger partial charge in [0.2, 0.25) is 0 Å². The molecule has 0 saturated heterocycles. The first-order valence-corrected chi connectivity index (χ1v) is 7.73. The summed E-state index contributed by atoms with van der Waals surface area (Å²) >= 11 is 3.36. The summed E-state index contributed by atoms with van der Waals surface area (Å²) in [7, 11) is 0. The van der Waals surface area contributed by atoms with E-state index in [1.165, 1.54) is 0 Å². The molecule has 0 fully saturated rings. The van der Waals surface area contributed by atoms with Crippen LogP contribution >= 0.6 is 15.9 Å². The summed E-state index contributed by atoms with van der Waals surface area (Å²) in [6, 6.07) is 20.3. The lowest BCUT2D eigenvalue weighted by atomic mass is 10.3. The third-order valence-corrected chi connectivity index (χ3v) is 3.52. The molecule has 2 N–H and O–H groups in total. The van der Waals surface area contributed by atoms with Crippen molar-refractivity contribution in [2.75, 3.05) is 10.6 Å². The minimum absolute atomic E-state index is 0.253. The van der Waals surface area contributed by atoms with Gasteiger partial charge in [-0.2, -0.15) is 0 Å². The zero-order chi connectivity index (χ0) is 16.1. The van der Waals surface area contributed by atoms with Crippen molar-refractivity contribution in [1.82, 2.24) is 10.2 Å². The second-order valence-corrected chi connectivity index (χ2v) is 5.67. The van der Waals surface area contributed by atoms with E-state index in [4.69, 9.17) is 0 Å². The van der Waals surface area contributed by atoms with Crippen molar-refractivity contribution >= 4 is 39.0 Å². The first kappa shape index (κ1) is 15.2. The van der Waals surface area contributed by atoms with Crippen molar-refractivity contribution in [1.29, 1.82) is 0 Å². The minimum Gasteiger partial charge on any atom is -0.339 e. The van der Waals surface area contributed by atoms with Gasteiger partial charge in [0.25, 0.3) is 5.91 Å². The molecule has 3 aromatic rings. The molecule has 0 saturated carbocycles. The summed E-state index contributed by atoms with van der Waals surface area (Å²) in [6.07, 6.45) is 0. The molecule has 6 heteroatoms. The van der Waals surface area contributed by atoms with Crippen LogP contribution in [0.5, 0.6) is 0 Å². The third kappa shape index (κ3) is 4.14. The van der Waals surface area contributed by atoms with E-state index in [0.717, 1.165) is 10.2 Å². The van der Waals surface area contributed by atoms with E-state index in [9.17, 15) is 4.79 Å². The Morgan fingerprint density at radius 3 is 2.35 bits per heavy atom. The van der Waals surface area contributed by atoms with Crippen LogP contribution in [0.1, 0.15) is 10.5 Å². The summed E-state index contributed by atoms with van der Waals surface area (Å²) in [6.45, 7) is 0. The Morgan fingerprint density at radius 2 is 1.65 bits per heavy atom. The first-order chi connectivity index (χ1) is 11.2. The summed E-state index contributed by atoms with van der Waals surface area (Å²) in [5.74, 6) is 0.275. The fraction of sp³-hybridized carbons (Fsp3) is 0. The van der Waals surface area contributed by atoms with Crippen LogP contribution in [0.15, 0.2) is 71.2 Å². The van der Waals surface area contributed by atoms with Gasteiger partial charge in [0.05, 0.1) is 0 Å². The van der Waals surface area contributed by atoms with E-state index < -0.39 is 0 Å². The van der Waals surface area contributed by atoms with Crippen molar-refractivity contribution in [3.05, 3.63) is 76.9 Å². The predicted molar refractivity (Wildman–Crippen MR) is 93.9 cm³/mol. The Labute approximate surface area is 141 Å². The summed E-state index contributed by atoms with van der Waals surface area (Å²) in [4.78, 5) is 12.1. The molecule has 3 rings (SSSR count). The van der Waals surface area contributed by atoms with E-state index in [-0.39, 0.29) is 11.6 Å². The predicted octanol–water partition coefficient (Wildman–Crippen LogP) is 4.24. The van der Waals surface area contributed by atoms with Crippen LogP contribution in [0, 0.1) is 0 Å². The molecule has 1 aromatic heterocycles. The maximum atomic E-state index is 12.1. The molecular formula is C17H13BrN4O. The molecule has 0 aliphatic rings. The number of para-hydroxylation sites is 1. The quantitative estimate of drug-likeness (QED) is 0.722. The fourth-order valence-electron chi connectivity index (χ4n) is 1.95. The number of anilines is 3. The normalized spacial score (nSPS) is 10.1. The zero-order valence-electron chi connectivity index (χ0n) is 12.0. The lowest BCUT2D eigenvalue weighted by molar-refractivity contribution is 0.102. The number of halogens is 1. The van der Waals surface area contributed by atoms with Crippen LogP contribution in [0.25, 0.3) is 0 Å². The van der Waals surface area contributed by atoms with Crippen LogP contribution in [-0.2, 0) is 0 Å². The first-order valence-electron chi connectivity index (χ1n) is 6.93. The highest BCUT2D eigenvalue weighted by molar-refractivity contribution is 9.10. The molecule has 114 valence electrons. The molecule has 0 radical (unpaired) electrons. The van der Waals surface area contributed by atoms with E-state index in [1.807, 2.05) is 48.5 Å². The van der Waals surface area contributed by atoms with E-state index in [1.54, 1.807) is 18.2 Å². The monoisotopic (exact) mass is 368 g/mol. The Bertz CT molecular complexity index is 806. The molecule has 2 aromatic carbocycles. The molecule has 0 atom stereocenters. The van der Waals surface area contributed by atoms with Gasteiger partial charge in [-0.3, -0.25) is 4.79 Å². The van der Waals surface area contributed by atoms with E-state index >= 15 is 0 Å². The second kappa shape index (κ2) is 7.02. The molecule has 0 aliphatic heterocycles. The third-order valence-electron chi connectivity index (χ3n) is 3.03. The number of rotatable bonds is 4. The van der Waals surface area contributed by atoms with Gasteiger partial charge >= 0.3 is 0 Å². The Kier molecular flexibility index (Phi) is 4.63. The van der Waals surface area contributed by atoms with Gasteiger partial charge in [-0.05, 0) is 42.5 Å². The number of carbonyl (C=O) groups is 1. The lowest BCUT2D eigenvalue weighted by Gasteiger charge is -2.06. The van der Waals surface area contributed by atoms with Gasteiger partial charge in [0.1, 0.15) is 0 Å². The number of nitrogens with zero attached hydrogens (tertiary/aromatic N) is 2. The highest BCUT2D eigenvalue weighted by Gasteiger charge is 2.09. The van der Waals surface area contributed by atoms with E-state index in [2.05, 4.69) is 36.8 Å². The minimum atomic E-state index is -0.304. The zero-order valence-corrected chi connectivity index (χ0v) is 13.6. The summed E-state index contributed by atoms with van der Waals surface area (Å²) in [5.41, 5.74) is 1.86. The number of benzene rings is 2. The Balaban J connectivity index is 1.68. The number of nitrogens with one attached hydrogen (secondary N) is 2. The lowest BCUT2D eigenvalue weighted by Crippen LogP contribution is -2.14. The van der Waals surface area contributed by atoms with Gasteiger partial charge in [-0.15, -0.1) is 10.2 Å². The van der Waals surface area contributed by atoms with Crippen molar-refractivity contribution in [3.8, 4) is 0 Å². The summed E-state index contributed by atoms with van der Waals surface area (Å²) < 4.78 is 0.892. The fourth-order valence-corrected chi connectivity index (χ4v) is 2.35. The smallest absolute Gasteiger partial charge is 0.276 e.